The maximum absolute atomic E-state index is 11.7. The van der Waals surface area contributed by atoms with E-state index in [1.807, 2.05) is 18.9 Å². The highest BCUT2D eigenvalue weighted by Crippen LogP contribution is 2.26. The summed E-state index contributed by atoms with van der Waals surface area (Å²) in [6.45, 7) is 4.10. The van der Waals surface area contributed by atoms with E-state index < -0.39 is 0 Å². The van der Waals surface area contributed by atoms with Crippen molar-refractivity contribution in [3.63, 3.8) is 0 Å². The molecule has 0 spiro atoms. The van der Waals surface area contributed by atoms with Gasteiger partial charge in [0.1, 0.15) is 0 Å². The molecule has 1 saturated carbocycles. The van der Waals surface area contributed by atoms with Gasteiger partial charge in [0.05, 0.1) is 6.04 Å². The zero-order valence-corrected chi connectivity index (χ0v) is 8.79. The zero-order valence-electron chi connectivity index (χ0n) is 8.79. The van der Waals surface area contributed by atoms with Crippen LogP contribution in [0, 0.1) is 5.92 Å². The third-order valence-electron chi connectivity index (χ3n) is 2.98. The summed E-state index contributed by atoms with van der Waals surface area (Å²) in [6.07, 6.45) is 3.26. The standard InChI is InChI=1S/C10H20N2O/c1-4-7(2)9(11)10(13)12(3)8-5-6-8/h7-9H,4-6,11H2,1-3H3/t7-,9-/m0/s1. The Kier molecular flexibility index (Phi) is 3.31. The molecule has 2 atom stereocenters. The highest BCUT2D eigenvalue weighted by Gasteiger charge is 2.33. The van der Waals surface area contributed by atoms with Gasteiger partial charge in [-0.3, -0.25) is 4.79 Å². The Morgan fingerprint density at radius 3 is 2.54 bits per heavy atom. The molecule has 0 bridgehead atoms. The van der Waals surface area contributed by atoms with Crippen LogP contribution in [-0.4, -0.2) is 29.9 Å². The molecule has 1 aliphatic carbocycles. The summed E-state index contributed by atoms with van der Waals surface area (Å²) >= 11 is 0. The Labute approximate surface area is 80.3 Å². The van der Waals surface area contributed by atoms with Crippen molar-refractivity contribution in [2.24, 2.45) is 11.7 Å². The van der Waals surface area contributed by atoms with Crippen LogP contribution in [0.2, 0.25) is 0 Å². The molecular formula is C10H20N2O. The molecule has 0 heterocycles. The Morgan fingerprint density at radius 2 is 2.15 bits per heavy atom. The van der Waals surface area contributed by atoms with E-state index in [2.05, 4.69) is 6.92 Å². The van der Waals surface area contributed by atoms with Gasteiger partial charge in [0.15, 0.2) is 0 Å². The second kappa shape index (κ2) is 4.09. The molecule has 0 aromatic carbocycles. The molecule has 0 aromatic rings. The molecule has 1 aliphatic rings. The lowest BCUT2D eigenvalue weighted by Gasteiger charge is -2.24. The molecule has 3 heteroatoms. The van der Waals surface area contributed by atoms with Crippen LogP contribution in [0.3, 0.4) is 0 Å². The number of hydrogen-bond donors (Lipinski definition) is 1. The van der Waals surface area contributed by atoms with Gasteiger partial charge in [0, 0.05) is 13.1 Å². The average molecular weight is 184 g/mol. The average Bonchev–Trinajstić information content (AvgIpc) is 2.96. The number of amides is 1. The van der Waals surface area contributed by atoms with Crippen molar-refractivity contribution < 1.29 is 4.79 Å². The van der Waals surface area contributed by atoms with Crippen molar-refractivity contribution in [1.82, 2.24) is 4.90 Å². The lowest BCUT2D eigenvalue weighted by molar-refractivity contribution is -0.132. The van der Waals surface area contributed by atoms with Gasteiger partial charge in [-0.25, -0.2) is 0 Å². The van der Waals surface area contributed by atoms with E-state index in [1.165, 1.54) is 0 Å². The summed E-state index contributed by atoms with van der Waals surface area (Å²) in [7, 11) is 1.86. The second-order valence-electron chi connectivity index (χ2n) is 4.09. The van der Waals surface area contributed by atoms with Crippen molar-refractivity contribution in [3.05, 3.63) is 0 Å². The Morgan fingerprint density at radius 1 is 1.62 bits per heavy atom. The summed E-state index contributed by atoms with van der Waals surface area (Å²) in [5, 5.41) is 0. The fraction of sp³-hybridized carbons (Fsp3) is 0.900. The first-order chi connectivity index (χ1) is 6.07. The number of likely N-dealkylation sites (N-methyl/N-ethyl adjacent to an activating group) is 1. The third kappa shape index (κ3) is 2.44. The third-order valence-corrected chi connectivity index (χ3v) is 2.98. The van der Waals surface area contributed by atoms with Gasteiger partial charge in [0.2, 0.25) is 5.91 Å². The van der Waals surface area contributed by atoms with Crippen molar-refractivity contribution in [2.45, 2.75) is 45.2 Å². The van der Waals surface area contributed by atoms with Crippen LogP contribution in [0.4, 0.5) is 0 Å². The van der Waals surface area contributed by atoms with Crippen molar-refractivity contribution >= 4 is 5.91 Å². The summed E-state index contributed by atoms with van der Waals surface area (Å²) in [4.78, 5) is 13.5. The number of nitrogens with zero attached hydrogens (tertiary/aromatic N) is 1. The highest BCUT2D eigenvalue weighted by atomic mass is 16.2. The van der Waals surface area contributed by atoms with E-state index in [4.69, 9.17) is 5.73 Å². The minimum atomic E-state index is -0.310. The van der Waals surface area contributed by atoms with Crippen molar-refractivity contribution in [3.8, 4) is 0 Å². The molecule has 3 nitrogen and oxygen atoms in total. The largest absolute Gasteiger partial charge is 0.341 e. The Hall–Kier alpha value is -0.570. The maximum atomic E-state index is 11.7. The van der Waals surface area contributed by atoms with E-state index in [-0.39, 0.29) is 17.9 Å². The molecule has 0 aliphatic heterocycles. The fourth-order valence-corrected chi connectivity index (χ4v) is 1.37. The number of carbonyl (C=O) groups excluding carboxylic acids is 1. The molecular weight excluding hydrogens is 164 g/mol. The molecule has 2 N–H and O–H groups in total. The predicted octanol–water partition coefficient (Wildman–Crippen LogP) is 0.981. The van der Waals surface area contributed by atoms with Crippen LogP contribution in [0.25, 0.3) is 0 Å². The van der Waals surface area contributed by atoms with Crippen LogP contribution < -0.4 is 5.73 Å². The molecule has 0 unspecified atom stereocenters. The van der Waals surface area contributed by atoms with Gasteiger partial charge >= 0.3 is 0 Å². The molecule has 0 saturated heterocycles. The molecule has 1 fully saturated rings. The topological polar surface area (TPSA) is 46.3 Å². The van der Waals surface area contributed by atoms with Gasteiger partial charge in [-0.05, 0) is 18.8 Å². The summed E-state index contributed by atoms with van der Waals surface area (Å²) in [5.74, 6) is 0.394. The Bertz CT molecular complexity index is 189. The SMILES string of the molecule is CC[C@H](C)[C@H](N)C(=O)N(C)C1CC1. The molecule has 0 radical (unpaired) electrons. The molecule has 1 amide bonds. The van der Waals surface area contributed by atoms with Gasteiger partial charge < -0.3 is 10.6 Å². The summed E-state index contributed by atoms with van der Waals surface area (Å²) in [5.41, 5.74) is 5.85. The summed E-state index contributed by atoms with van der Waals surface area (Å²) < 4.78 is 0. The second-order valence-corrected chi connectivity index (χ2v) is 4.09. The minimum Gasteiger partial charge on any atom is -0.341 e. The lowest BCUT2D eigenvalue weighted by Crippen LogP contribution is -2.46. The first-order valence-corrected chi connectivity index (χ1v) is 5.10. The van der Waals surface area contributed by atoms with E-state index in [9.17, 15) is 4.79 Å². The number of nitrogens with two attached hydrogens (primary N) is 1. The molecule has 1 rings (SSSR count). The zero-order chi connectivity index (χ0) is 10.0. The van der Waals surface area contributed by atoms with Crippen molar-refractivity contribution in [2.75, 3.05) is 7.05 Å². The van der Waals surface area contributed by atoms with Crippen LogP contribution >= 0.6 is 0 Å². The molecule has 13 heavy (non-hydrogen) atoms. The van der Waals surface area contributed by atoms with Gasteiger partial charge in [0.25, 0.3) is 0 Å². The van der Waals surface area contributed by atoms with Gasteiger partial charge in [-0.1, -0.05) is 20.3 Å². The minimum absolute atomic E-state index is 0.108. The van der Waals surface area contributed by atoms with Crippen molar-refractivity contribution in [1.29, 1.82) is 0 Å². The fourth-order valence-electron chi connectivity index (χ4n) is 1.37. The van der Waals surface area contributed by atoms with Gasteiger partial charge in [-0.2, -0.15) is 0 Å². The van der Waals surface area contributed by atoms with Crippen LogP contribution in [-0.2, 0) is 4.79 Å². The first-order valence-electron chi connectivity index (χ1n) is 5.10. The van der Waals surface area contributed by atoms with E-state index in [0.29, 0.717) is 6.04 Å². The van der Waals surface area contributed by atoms with E-state index >= 15 is 0 Å². The maximum Gasteiger partial charge on any atom is 0.239 e. The Balaban J connectivity index is 2.44. The predicted molar refractivity (Wildman–Crippen MR) is 53.2 cm³/mol. The molecule has 76 valence electrons. The first kappa shape index (κ1) is 10.5. The number of rotatable bonds is 4. The molecule has 0 aromatic heterocycles. The van der Waals surface area contributed by atoms with E-state index in [0.717, 1.165) is 19.3 Å². The van der Waals surface area contributed by atoms with Crippen LogP contribution in [0.1, 0.15) is 33.1 Å². The summed E-state index contributed by atoms with van der Waals surface area (Å²) in [6, 6.07) is 0.165. The smallest absolute Gasteiger partial charge is 0.239 e. The number of hydrogen-bond acceptors (Lipinski definition) is 2. The quantitative estimate of drug-likeness (QED) is 0.708. The van der Waals surface area contributed by atoms with Gasteiger partial charge in [-0.15, -0.1) is 0 Å². The lowest BCUT2D eigenvalue weighted by atomic mass is 9.99. The normalized spacial score (nSPS) is 20.9. The van der Waals surface area contributed by atoms with E-state index in [1.54, 1.807) is 0 Å². The monoisotopic (exact) mass is 184 g/mol. The van der Waals surface area contributed by atoms with Crippen LogP contribution in [0.5, 0.6) is 0 Å². The van der Waals surface area contributed by atoms with Crippen LogP contribution in [0.15, 0.2) is 0 Å². The highest BCUT2D eigenvalue weighted by molar-refractivity contribution is 5.82. The number of carbonyl (C=O) groups is 1.